The summed E-state index contributed by atoms with van der Waals surface area (Å²) in [5.74, 6) is -2.20. The lowest BCUT2D eigenvalue weighted by Crippen LogP contribution is -2.47. The SMILES string of the molecule is CC(C)(C)OC(=O)NC(CC(=O)ON1C(=O)c2ccccc2C1=O)C(C)(C)C. The predicted octanol–water partition coefficient (Wildman–Crippen LogP) is 3.07. The Balaban J connectivity index is 2.06. The summed E-state index contributed by atoms with van der Waals surface area (Å²) in [5.41, 5.74) is -0.829. The fourth-order valence-corrected chi connectivity index (χ4v) is 2.58. The van der Waals surface area contributed by atoms with E-state index >= 15 is 0 Å². The van der Waals surface area contributed by atoms with E-state index in [1.54, 1.807) is 32.9 Å². The molecule has 0 saturated carbocycles. The molecular weight excluding hydrogens is 364 g/mol. The van der Waals surface area contributed by atoms with Gasteiger partial charge < -0.3 is 14.9 Å². The maximum absolute atomic E-state index is 12.4. The van der Waals surface area contributed by atoms with Crippen LogP contribution in [-0.4, -0.2) is 40.6 Å². The van der Waals surface area contributed by atoms with E-state index in [-0.39, 0.29) is 17.5 Å². The fraction of sp³-hybridized carbons (Fsp3) is 0.500. The van der Waals surface area contributed by atoms with Crippen LogP contribution >= 0.6 is 0 Å². The average molecular weight is 390 g/mol. The number of carbonyl (C=O) groups is 4. The van der Waals surface area contributed by atoms with E-state index in [1.807, 2.05) is 20.8 Å². The summed E-state index contributed by atoms with van der Waals surface area (Å²) < 4.78 is 5.23. The molecule has 28 heavy (non-hydrogen) atoms. The van der Waals surface area contributed by atoms with Gasteiger partial charge in [-0.25, -0.2) is 9.59 Å². The molecule has 0 saturated heterocycles. The van der Waals surface area contributed by atoms with Crippen LogP contribution in [-0.2, 0) is 14.4 Å². The van der Waals surface area contributed by atoms with Crippen molar-refractivity contribution < 1.29 is 28.8 Å². The third-order valence-electron chi connectivity index (χ3n) is 4.06. The molecule has 1 aromatic carbocycles. The highest BCUT2D eigenvalue weighted by molar-refractivity contribution is 6.20. The van der Waals surface area contributed by atoms with Crippen molar-refractivity contribution >= 4 is 23.9 Å². The summed E-state index contributed by atoms with van der Waals surface area (Å²) in [5, 5.41) is 3.12. The number of benzene rings is 1. The van der Waals surface area contributed by atoms with Gasteiger partial charge in [-0.1, -0.05) is 38.0 Å². The molecule has 1 unspecified atom stereocenters. The van der Waals surface area contributed by atoms with Crippen LogP contribution in [0.4, 0.5) is 4.79 Å². The van der Waals surface area contributed by atoms with E-state index < -0.39 is 40.9 Å². The molecule has 0 aliphatic carbocycles. The largest absolute Gasteiger partial charge is 0.444 e. The van der Waals surface area contributed by atoms with Crippen LogP contribution in [0, 0.1) is 5.41 Å². The first-order valence-electron chi connectivity index (χ1n) is 8.98. The quantitative estimate of drug-likeness (QED) is 0.793. The van der Waals surface area contributed by atoms with Gasteiger partial charge in [0.2, 0.25) is 0 Å². The smallest absolute Gasteiger partial charge is 0.407 e. The van der Waals surface area contributed by atoms with Crippen molar-refractivity contribution in [1.82, 2.24) is 10.4 Å². The fourth-order valence-electron chi connectivity index (χ4n) is 2.58. The standard InChI is InChI=1S/C20H26N2O6/c1-19(2,3)14(21-18(26)27-20(4,5)6)11-15(23)28-22-16(24)12-9-7-8-10-13(12)17(22)25/h7-10,14H,11H2,1-6H3,(H,21,26). The molecule has 0 aromatic heterocycles. The summed E-state index contributed by atoms with van der Waals surface area (Å²) in [6.07, 6.45) is -0.906. The molecule has 0 radical (unpaired) electrons. The van der Waals surface area contributed by atoms with Crippen molar-refractivity contribution in [1.29, 1.82) is 0 Å². The summed E-state index contributed by atoms with van der Waals surface area (Å²) in [4.78, 5) is 54.1. The van der Waals surface area contributed by atoms with Gasteiger partial charge in [-0.15, -0.1) is 0 Å². The van der Waals surface area contributed by atoms with Gasteiger partial charge in [-0.3, -0.25) is 9.59 Å². The zero-order chi connectivity index (χ0) is 21.3. The topological polar surface area (TPSA) is 102 Å². The number of imide groups is 1. The molecular formula is C20H26N2O6. The maximum atomic E-state index is 12.4. The van der Waals surface area contributed by atoms with Gasteiger partial charge in [0.1, 0.15) is 5.60 Å². The lowest BCUT2D eigenvalue weighted by atomic mass is 9.85. The van der Waals surface area contributed by atoms with Crippen molar-refractivity contribution in [2.75, 3.05) is 0 Å². The van der Waals surface area contributed by atoms with Crippen molar-refractivity contribution in [3.05, 3.63) is 35.4 Å². The average Bonchev–Trinajstić information content (AvgIpc) is 2.77. The lowest BCUT2D eigenvalue weighted by Gasteiger charge is -2.32. The minimum Gasteiger partial charge on any atom is -0.444 e. The number of ether oxygens (including phenoxy) is 1. The predicted molar refractivity (Wildman–Crippen MR) is 100 cm³/mol. The molecule has 1 aliphatic heterocycles. The Morgan fingerprint density at radius 1 is 1.00 bits per heavy atom. The van der Waals surface area contributed by atoms with Gasteiger partial charge in [0.15, 0.2) is 0 Å². The van der Waals surface area contributed by atoms with Gasteiger partial charge in [0.05, 0.1) is 17.5 Å². The van der Waals surface area contributed by atoms with Crippen LogP contribution in [0.25, 0.3) is 0 Å². The molecule has 1 atom stereocenters. The number of fused-ring (bicyclic) bond motifs is 1. The zero-order valence-corrected chi connectivity index (χ0v) is 17.0. The van der Waals surface area contributed by atoms with Crippen LogP contribution in [0.5, 0.6) is 0 Å². The minimum atomic E-state index is -0.814. The first kappa shape index (κ1) is 21.4. The van der Waals surface area contributed by atoms with E-state index in [9.17, 15) is 19.2 Å². The Hall–Kier alpha value is -2.90. The Kier molecular flexibility index (Phi) is 5.82. The van der Waals surface area contributed by atoms with E-state index in [0.717, 1.165) is 0 Å². The number of hydrogen-bond donors (Lipinski definition) is 1. The number of rotatable bonds is 4. The molecule has 1 N–H and O–H groups in total. The van der Waals surface area contributed by atoms with E-state index in [0.29, 0.717) is 5.06 Å². The first-order chi connectivity index (χ1) is 12.8. The van der Waals surface area contributed by atoms with Crippen molar-refractivity contribution in [2.45, 2.75) is 59.6 Å². The highest BCUT2D eigenvalue weighted by Crippen LogP contribution is 2.25. The molecule has 1 heterocycles. The van der Waals surface area contributed by atoms with Gasteiger partial charge in [0, 0.05) is 6.04 Å². The Bertz CT molecular complexity index is 769. The third kappa shape index (κ3) is 5.09. The second kappa shape index (κ2) is 7.61. The highest BCUT2D eigenvalue weighted by Gasteiger charge is 2.39. The number of amides is 3. The number of hydroxylamine groups is 2. The van der Waals surface area contributed by atoms with E-state index in [1.165, 1.54) is 12.1 Å². The number of hydrogen-bond acceptors (Lipinski definition) is 6. The molecule has 152 valence electrons. The van der Waals surface area contributed by atoms with Crippen LogP contribution in [0.3, 0.4) is 0 Å². The molecule has 0 fully saturated rings. The van der Waals surface area contributed by atoms with Crippen LogP contribution in [0.15, 0.2) is 24.3 Å². The molecule has 1 aromatic rings. The van der Waals surface area contributed by atoms with Gasteiger partial charge >= 0.3 is 12.1 Å². The molecule has 0 bridgehead atoms. The molecule has 8 heteroatoms. The van der Waals surface area contributed by atoms with E-state index in [4.69, 9.17) is 9.57 Å². The maximum Gasteiger partial charge on any atom is 0.407 e. The van der Waals surface area contributed by atoms with Gasteiger partial charge in [0.25, 0.3) is 11.8 Å². The van der Waals surface area contributed by atoms with Gasteiger partial charge in [-0.2, -0.15) is 0 Å². The zero-order valence-electron chi connectivity index (χ0n) is 17.0. The molecule has 2 rings (SSSR count). The summed E-state index contributed by atoms with van der Waals surface area (Å²) in [7, 11) is 0. The Labute approximate surface area is 164 Å². The Morgan fingerprint density at radius 2 is 1.50 bits per heavy atom. The molecule has 0 spiro atoms. The van der Waals surface area contributed by atoms with Crippen LogP contribution in [0.1, 0.15) is 68.7 Å². The van der Waals surface area contributed by atoms with Crippen molar-refractivity contribution in [3.63, 3.8) is 0 Å². The summed E-state index contributed by atoms with van der Waals surface area (Å²) in [6.45, 7) is 10.7. The second-order valence-corrected chi connectivity index (χ2v) is 8.68. The molecule has 8 nitrogen and oxygen atoms in total. The summed E-state index contributed by atoms with van der Waals surface area (Å²) in [6, 6.07) is 5.59. The minimum absolute atomic E-state index is 0.180. The third-order valence-corrected chi connectivity index (χ3v) is 4.06. The highest BCUT2D eigenvalue weighted by atomic mass is 16.7. The molecule has 1 aliphatic rings. The number of alkyl carbamates (subject to hydrolysis) is 1. The number of carbonyl (C=O) groups excluding carboxylic acids is 4. The van der Waals surface area contributed by atoms with Crippen molar-refractivity contribution in [2.24, 2.45) is 5.41 Å². The lowest BCUT2D eigenvalue weighted by molar-refractivity contribution is -0.169. The summed E-state index contributed by atoms with van der Waals surface area (Å²) >= 11 is 0. The Morgan fingerprint density at radius 3 is 1.93 bits per heavy atom. The normalized spacial score (nSPS) is 15.1. The first-order valence-corrected chi connectivity index (χ1v) is 8.98. The van der Waals surface area contributed by atoms with Crippen molar-refractivity contribution in [3.8, 4) is 0 Å². The van der Waals surface area contributed by atoms with Gasteiger partial charge in [-0.05, 0) is 38.3 Å². The van der Waals surface area contributed by atoms with Crippen LogP contribution < -0.4 is 5.32 Å². The number of nitrogens with zero attached hydrogens (tertiary/aromatic N) is 1. The monoisotopic (exact) mass is 390 g/mol. The second-order valence-electron chi connectivity index (χ2n) is 8.68. The van der Waals surface area contributed by atoms with E-state index in [2.05, 4.69) is 5.32 Å². The van der Waals surface area contributed by atoms with Crippen LogP contribution in [0.2, 0.25) is 0 Å². The number of nitrogens with one attached hydrogen (secondary N) is 1. The molecule has 3 amide bonds.